The third kappa shape index (κ3) is 4.57. The van der Waals surface area contributed by atoms with Crippen LogP contribution in [0.1, 0.15) is 71.7 Å². The Bertz CT molecular complexity index is 1060. The molecule has 0 aliphatic carbocycles. The summed E-state index contributed by atoms with van der Waals surface area (Å²) in [7, 11) is 0. The normalized spacial score (nSPS) is 16.6. The van der Waals surface area contributed by atoms with Crippen molar-refractivity contribution in [3.05, 3.63) is 30.3 Å². The maximum atomic E-state index is 12.3. The molecule has 0 saturated carbocycles. The van der Waals surface area contributed by atoms with Gasteiger partial charge in [0.25, 0.3) is 0 Å². The standard InChI is InChI=1S/C23H31N5O3/c1-6-15(2)28-19-13-17(7-8-18(19)14-24-28)20-25-21(31-26-20)16-9-11-27(12-10-16)22(29)30-23(3,4)5/h7-8,13-16H,6,9-12H2,1-5H3. The topological polar surface area (TPSA) is 86.3 Å². The number of hydrogen-bond donors (Lipinski definition) is 0. The van der Waals surface area contributed by atoms with Crippen molar-refractivity contribution in [3.8, 4) is 11.4 Å². The predicted octanol–water partition coefficient (Wildman–Crippen LogP) is 5.17. The van der Waals surface area contributed by atoms with E-state index >= 15 is 0 Å². The van der Waals surface area contributed by atoms with Crippen LogP contribution in [0.25, 0.3) is 22.3 Å². The molecule has 0 N–H and O–H groups in total. The molecule has 0 spiro atoms. The number of fused-ring (bicyclic) bond motifs is 1. The van der Waals surface area contributed by atoms with E-state index in [0.717, 1.165) is 35.7 Å². The van der Waals surface area contributed by atoms with Gasteiger partial charge in [-0.05, 0) is 53.0 Å². The predicted molar refractivity (Wildman–Crippen MR) is 118 cm³/mol. The summed E-state index contributed by atoms with van der Waals surface area (Å²) in [5, 5.41) is 9.86. The molecular weight excluding hydrogens is 394 g/mol. The SMILES string of the molecule is CCC(C)n1ncc2ccc(-c3noc(C4CCN(C(=O)OC(C)(C)C)CC4)n3)cc21. The van der Waals surface area contributed by atoms with E-state index in [2.05, 4.69) is 35.2 Å². The Morgan fingerprint density at radius 3 is 2.71 bits per heavy atom. The monoisotopic (exact) mass is 425 g/mol. The molecule has 1 aliphatic rings. The van der Waals surface area contributed by atoms with Crippen molar-refractivity contribution in [2.24, 2.45) is 0 Å². The lowest BCUT2D eigenvalue weighted by Gasteiger charge is -2.32. The number of piperidine rings is 1. The Balaban J connectivity index is 1.46. The molecule has 2 aromatic heterocycles. The lowest BCUT2D eigenvalue weighted by Crippen LogP contribution is -2.41. The van der Waals surface area contributed by atoms with Crippen LogP contribution in [0.2, 0.25) is 0 Å². The van der Waals surface area contributed by atoms with Crippen molar-refractivity contribution in [3.63, 3.8) is 0 Å². The van der Waals surface area contributed by atoms with Gasteiger partial charge in [0.15, 0.2) is 0 Å². The van der Waals surface area contributed by atoms with Crippen molar-refractivity contribution in [1.29, 1.82) is 0 Å². The maximum absolute atomic E-state index is 12.3. The first-order chi connectivity index (χ1) is 14.7. The van der Waals surface area contributed by atoms with E-state index < -0.39 is 5.60 Å². The van der Waals surface area contributed by atoms with Crippen LogP contribution in [-0.4, -0.2) is 49.6 Å². The number of benzene rings is 1. The van der Waals surface area contributed by atoms with Gasteiger partial charge in [-0.1, -0.05) is 24.2 Å². The van der Waals surface area contributed by atoms with E-state index in [1.807, 2.05) is 43.8 Å². The molecule has 1 atom stereocenters. The van der Waals surface area contributed by atoms with E-state index in [-0.39, 0.29) is 12.0 Å². The van der Waals surface area contributed by atoms with Gasteiger partial charge in [0.1, 0.15) is 5.60 Å². The minimum absolute atomic E-state index is 0.148. The van der Waals surface area contributed by atoms with E-state index in [1.54, 1.807) is 4.90 Å². The molecule has 8 heteroatoms. The Labute approximate surface area is 182 Å². The van der Waals surface area contributed by atoms with E-state index in [0.29, 0.717) is 30.8 Å². The van der Waals surface area contributed by atoms with Crippen LogP contribution in [0.15, 0.2) is 28.9 Å². The number of carbonyl (C=O) groups excluding carboxylic acids is 1. The van der Waals surface area contributed by atoms with Crippen LogP contribution < -0.4 is 0 Å². The average Bonchev–Trinajstić information content (AvgIpc) is 3.39. The van der Waals surface area contributed by atoms with Gasteiger partial charge in [0, 0.05) is 36.0 Å². The number of ether oxygens (including phenoxy) is 1. The molecule has 3 heterocycles. The first-order valence-corrected chi connectivity index (χ1v) is 11.0. The summed E-state index contributed by atoms with van der Waals surface area (Å²) in [6.07, 6.45) is 4.20. The molecule has 3 aromatic rings. The molecule has 1 aliphatic heterocycles. The van der Waals surface area contributed by atoms with Crippen LogP contribution in [0.5, 0.6) is 0 Å². The third-order valence-electron chi connectivity index (χ3n) is 5.80. The Kier molecular flexibility index (Phi) is 5.73. The van der Waals surface area contributed by atoms with Crippen molar-refractivity contribution in [2.75, 3.05) is 13.1 Å². The largest absolute Gasteiger partial charge is 0.444 e. The zero-order valence-electron chi connectivity index (χ0n) is 19.0. The highest BCUT2D eigenvalue weighted by Gasteiger charge is 2.30. The van der Waals surface area contributed by atoms with Gasteiger partial charge >= 0.3 is 6.09 Å². The minimum Gasteiger partial charge on any atom is -0.444 e. The van der Waals surface area contributed by atoms with E-state index in [1.165, 1.54) is 0 Å². The van der Waals surface area contributed by atoms with Crippen molar-refractivity contribution >= 4 is 17.0 Å². The first kappa shape index (κ1) is 21.3. The number of rotatable bonds is 4. The molecule has 1 unspecified atom stereocenters. The van der Waals surface area contributed by atoms with Crippen LogP contribution in [0.3, 0.4) is 0 Å². The third-order valence-corrected chi connectivity index (χ3v) is 5.80. The molecule has 0 radical (unpaired) electrons. The zero-order valence-corrected chi connectivity index (χ0v) is 19.0. The van der Waals surface area contributed by atoms with E-state index in [4.69, 9.17) is 9.26 Å². The molecule has 1 fully saturated rings. The fourth-order valence-corrected chi connectivity index (χ4v) is 3.85. The van der Waals surface area contributed by atoms with Crippen molar-refractivity contribution in [1.82, 2.24) is 24.8 Å². The smallest absolute Gasteiger partial charge is 0.410 e. The van der Waals surface area contributed by atoms with Crippen molar-refractivity contribution < 1.29 is 14.1 Å². The zero-order chi connectivity index (χ0) is 22.2. The number of nitrogens with zero attached hydrogens (tertiary/aromatic N) is 5. The summed E-state index contributed by atoms with van der Waals surface area (Å²) in [5.74, 6) is 1.37. The highest BCUT2D eigenvalue weighted by Crippen LogP contribution is 2.30. The molecule has 31 heavy (non-hydrogen) atoms. The van der Waals surface area contributed by atoms with Crippen LogP contribution in [0, 0.1) is 0 Å². The second-order valence-electron chi connectivity index (χ2n) is 9.32. The molecular formula is C23H31N5O3. The Hall–Kier alpha value is -2.90. The molecule has 4 rings (SSSR count). The highest BCUT2D eigenvalue weighted by atomic mass is 16.6. The molecule has 166 valence electrons. The Morgan fingerprint density at radius 1 is 1.29 bits per heavy atom. The molecule has 8 nitrogen and oxygen atoms in total. The molecule has 1 amide bonds. The van der Waals surface area contributed by atoms with Crippen molar-refractivity contribution in [2.45, 2.75) is 71.4 Å². The van der Waals surface area contributed by atoms with Gasteiger partial charge < -0.3 is 14.2 Å². The highest BCUT2D eigenvalue weighted by molar-refractivity contribution is 5.83. The number of carbonyl (C=O) groups is 1. The summed E-state index contributed by atoms with van der Waals surface area (Å²) in [6, 6.07) is 6.45. The average molecular weight is 426 g/mol. The fourth-order valence-electron chi connectivity index (χ4n) is 3.85. The van der Waals surface area contributed by atoms with Crippen LogP contribution in [0.4, 0.5) is 4.79 Å². The van der Waals surface area contributed by atoms with Crippen LogP contribution in [-0.2, 0) is 4.74 Å². The molecule has 1 saturated heterocycles. The van der Waals surface area contributed by atoms with Gasteiger partial charge in [0.05, 0.1) is 11.7 Å². The number of amides is 1. The van der Waals surface area contributed by atoms with Crippen LogP contribution >= 0.6 is 0 Å². The minimum atomic E-state index is -0.485. The lowest BCUT2D eigenvalue weighted by molar-refractivity contribution is 0.0198. The second kappa shape index (κ2) is 8.32. The number of aromatic nitrogens is 4. The van der Waals surface area contributed by atoms with Gasteiger partial charge in [-0.25, -0.2) is 4.79 Å². The van der Waals surface area contributed by atoms with Gasteiger partial charge in [-0.2, -0.15) is 10.1 Å². The lowest BCUT2D eigenvalue weighted by atomic mass is 9.97. The van der Waals surface area contributed by atoms with Gasteiger partial charge in [0.2, 0.25) is 11.7 Å². The summed E-state index contributed by atoms with van der Waals surface area (Å²) in [5.41, 5.74) is 1.50. The first-order valence-electron chi connectivity index (χ1n) is 11.0. The van der Waals surface area contributed by atoms with Gasteiger partial charge in [-0.3, -0.25) is 4.68 Å². The molecule has 1 aromatic carbocycles. The van der Waals surface area contributed by atoms with E-state index in [9.17, 15) is 4.79 Å². The number of hydrogen-bond acceptors (Lipinski definition) is 6. The Morgan fingerprint density at radius 2 is 2.03 bits per heavy atom. The van der Waals surface area contributed by atoms with Gasteiger partial charge in [-0.15, -0.1) is 0 Å². The second-order valence-corrected chi connectivity index (χ2v) is 9.32. The number of likely N-dealkylation sites (tertiary alicyclic amines) is 1. The maximum Gasteiger partial charge on any atom is 0.410 e. The summed E-state index contributed by atoms with van der Waals surface area (Å²) in [4.78, 5) is 18.7. The molecule has 0 bridgehead atoms. The summed E-state index contributed by atoms with van der Waals surface area (Å²) in [6.45, 7) is 11.2. The fraction of sp³-hybridized carbons (Fsp3) is 0.565. The summed E-state index contributed by atoms with van der Waals surface area (Å²) < 4.78 is 13.1. The quantitative estimate of drug-likeness (QED) is 0.573. The summed E-state index contributed by atoms with van der Waals surface area (Å²) >= 11 is 0.